The highest BCUT2D eigenvalue weighted by molar-refractivity contribution is 5.88. The summed E-state index contributed by atoms with van der Waals surface area (Å²) in [4.78, 5) is 5.09. The Morgan fingerprint density at radius 2 is 2.00 bits per heavy atom. The van der Waals surface area contributed by atoms with Crippen LogP contribution >= 0.6 is 0 Å². The molecule has 4 heteroatoms. The third-order valence-corrected chi connectivity index (χ3v) is 5.69. The molecule has 0 aromatic heterocycles. The molecule has 0 spiro atoms. The van der Waals surface area contributed by atoms with Crippen molar-refractivity contribution in [1.29, 1.82) is 0 Å². The van der Waals surface area contributed by atoms with Gasteiger partial charge in [-0.3, -0.25) is 0 Å². The minimum Gasteiger partial charge on any atom is -0.399 e. The van der Waals surface area contributed by atoms with Gasteiger partial charge in [-0.05, 0) is 35.1 Å². The van der Waals surface area contributed by atoms with Gasteiger partial charge in [-0.1, -0.05) is 54.5 Å². The van der Waals surface area contributed by atoms with Crippen molar-refractivity contribution in [3.05, 3.63) is 48.0 Å². The molecule has 2 bridgehead atoms. The van der Waals surface area contributed by atoms with Gasteiger partial charge in [0.15, 0.2) is 0 Å². The molecule has 0 aliphatic carbocycles. The predicted molar refractivity (Wildman–Crippen MR) is 98.8 cm³/mol. The third kappa shape index (κ3) is 2.94. The number of aliphatic hydroxyl groups excluding tert-OH is 1. The summed E-state index contributed by atoms with van der Waals surface area (Å²) in [6, 6.07) is 15.1. The summed E-state index contributed by atoms with van der Waals surface area (Å²) in [5.74, 6) is 0.346. The van der Waals surface area contributed by atoms with Crippen molar-refractivity contribution in [3.63, 3.8) is 0 Å². The molecule has 2 fully saturated rings. The van der Waals surface area contributed by atoms with Crippen LogP contribution in [-0.2, 0) is 9.57 Å². The predicted octanol–water partition coefficient (Wildman–Crippen LogP) is 3.87. The molecule has 0 saturated carbocycles. The molecular formula is C21H25NO3. The summed E-state index contributed by atoms with van der Waals surface area (Å²) in [6.07, 6.45) is 1.94. The molecule has 0 amide bonds. The van der Waals surface area contributed by atoms with Crippen LogP contribution in [0, 0.1) is 5.92 Å². The van der Waals surface area contributed by atoms with Gasteiger partial charge in [0.05, 0.1) is 24.0 Å². The number of rotatable bonds is 4. The van der Waals surface area contributed by atoms with Crippen LogP contribution in [0.1, 0.15) is 37.7 Å². The van der Waals surface area contributed by atoms with Gasteiger partial charge in [0.2, 0.25) is 0 Å². The van der Waals surface area contributed by atoms with Crippen molar-refractivity contribution >= 4 is 16.5 Å². The first-order valence-electron chi connectivity index (χ1n) is 9.13. The lowest BCUT2D eigenvalue weighted by molar-refractivity contribution is -0.0509. The van der Waals surface area contributed by atoms with E-state index < -0.39 is 6.10 Å². The summed E-state index contributed by atoms with van der Waals surface area (Å²) in [6.45, 7) is 2.09. The van der Waals surface area contributed by atoms with Gasteiger partial charge < -0.3 is 14.7 Å². The van der Waals surface area contributed by atoms with Crippen LogP contribution < -0.4 is 0 Å². The normalized spacial score (nSPS) is 32.1. The quantitative estimate of drug-likeness (QED) is 0.679. The molecule has 2 aliphatic rings. The highest BCUT2D eigenvalue weighted by Crippen LogP contribution is 2.46. The van der Waals surface area contributed by atoms with Gasteiger partial charge in [0.25, 0.3) is 0 Å². The number of hydrogen-bond donors (Lipinski definition) is 1. The maximum atomic E-state index is 10.5. The smallest absolute Gasteiger partial charge is 0.106 e. The van der Waals surface area contributed by atoms with Gasteiger partial charge in [-0.25, -0.2) is 0 Å². The summed E-state index contributed by atoms with van der Waals surface area (Å²) in [5.41, 5.74) is 2.28. The Morgan fingerprint density at radius 1 is 1.20 bits per heavy atom. The molecule has 2 aliphatic heterocycles. The molecule has 2 aromatic carbocycles. The van der Waals surface area contributed by atoms with E-state index in [2.05, 4.69) is 54.5 Å². The highest BCUT2D eigenvalue weighted by Gasteiger charge is 2.50. The van der Waals surface area contributed by atoms with Crippen LogP contribution in [-0.4, -0.2) is 36.2 Å². The van der Waals surface area contributed by atoms with E-state index in [1.54, 1.807) is 7.11 Å². The lowest BCUT2D eigenvalue weighted by Crippen LogP contribution is -2.42. The largest absolute Gasteiger partial charge is 0.399 e. The number of fused-ring (bicyclic) bond motifs is 3. The van der Waals surface area contributed by atoms with E-state index in [1.165, 1.54) is 16.3 Å². The molecule has 2 aromatic rings. The second-order valence-corrected chi connectivity index (χ2v) is 7.12. The molecule has 4 nitrogen and oxygen atoms in total. The summed E-state index contributed by atoms with van der Waals surface area (Å²) < 4.78 is 6.10. The maximum Gasteiger partial charge on any atom is 0.106 e. The molecule has 4 rings (SSSR count). The van der Waals surface area contributed by atoms with Crippen molar-refractivity contribution in [1.82, 2.24) is 0 Å². The third-order valence-electron chi connectivity index (χ3n) is 5.69. The average molecular weight is 339 g/mol. The molecule has 25 heavy (non-hydrogen) atoms. The van der Waals surface area contributed by atoms with E-state index in [4.69, 9.17) is 9.57 Å². The zero-order valence-electron chi connectivity index (χ0n) is 14.8. The molecular weight excluding hydrogens is 314 g/mol. The van der Waals surface area contributed by atoms with Crippen molar-refractivity contribution in [2.75, 3.05) is 7.11 Å². The minimum absolute atomic E-state index is 0.0554. The van der Waals surface area contributed by atoms with E-state index >= 15 is 0 Å². The fourth-order valence-corrected chi connectivity index (χ4v) is 4.59. The fraction of sp³-hybridized carbons (Fsp3) is 0.476. The standard InChI is InChI=1S/C21H25NO3/c1-3-18(22-24-2)20-17(11-16-12-19(23)21(20)25-16)15-9-8-13-6-4-5-7-14(13)10-15/h4-10,16-17,19-21,23H,3,11-12H2,1-2H3/t16?,17-,19?,20-,21-/m1/s1. The van der Waals surface area contributed by atoms with E-state index in [-0.39, 0.29) is 18.1 Å². The van der Waals surface area contributed by atoms with E-state index in [9.17, 15) is 5.11 Å². The number of hydrogen-bond acceptors (Lipinski definition) is 4. The van der Waals surface area contributed by atoms with Crippen LogP contribution in [0.4, 0.5) is 0 Å². The second kappa shape index (κ2) is 6.77. The molecule has 132 valence electrons. The van der Waals surface area contributed by atoms with Crippen molar-refractivity contribution in [2.24, 2.45) is 11.1 Å². The van der Waals surface area contributed by atoms with E-state index in [1.807, 2.05) is 0 Å². The van der Waals surface area contributed by atoms with Crippen molar-refractivity contribution < 1.29 is 14.7 Å². The molecule has 0 radical (unpaired) electrons. The Kier molecular flexibility index (Phi) is 4.48. The first-order chi connectivity index (χ1) is 12.2. The zero-order chi connectivity index (χ0) is 17.4. The zero-order valence-corrected chi connectivity index (χ0v) is 14.8. The SMILES string of the molecule is CCC(=NOC)[C@H]1[C@@H](c2ccc3ccccc3c2)CC2CC(O)[C@H]1O2. The number of benzene rings is 2. The minimum atomic E-state index is -0.422. The fourth-order valence-electron chi connectivity index (χ4n) is 4.59. The molecule has 2 unspecified atom stereocenters. The maximum absolute atomic E-state index is 10.5. The first kappa shape index (κ1) is 16.6. The summed E-state index contributed by atoms with van der Waals surface area (Å²) in [7, 11) is 1.58. The van der Waals surface area contributed by atoms with Crippen LogP contribution in [0.25, 0.3) is 10.8 Å². The number of nitrogens with zero attached hydrogens (tertiary/aromatic N) is 1. The Balaban J connectivity index is 1.77. The van der Waals surface area contributed by atoms with Crippen LogP contribution in [0.5, 0.6) is 0 Å². The molecule has 5 atom stereocenters. The lowest BCUT2D eigenvalue weighted by Gasteiger charge is -2.38. The van der Waals surface area contributed by atoms with Gasteiger partial charge in [0, 0.05) is 12.3 Å². The van der Waals surface area contributed by atoms with Gasteiger partial charge >= 0.3 is 0 Å². The van der Waals surface area contributed by atoms with Gasteiger partial charge in [-0.2, -0.15) is 0 Å². The Hall–Kier alpha value is -1.91. The van der Waals surface area contributed by atoms with Crippen LogP contribution in [0.3, 0.4) is 0 Å². The molecule has 2 saturated heterocycles. The topological polar surface area (TPSA) is 51.0 Å². The monoisotopic (exact) mass is 339 g/mol. The molecule has 1 N–H and O–H groups in total. The number of aliphatic hydroxyl groups is 1. The van der Waals surface area contributed by atoms with E-state index in [0.717, 1.165) is 25.0 Å². The lowest BCUT2D eigenvalue weighted by atomic mass is 9.75. The van der Waals surface area contributed by atoms with Crippen LogP contribution in [0.15, 0.2) is 47.6 Å². The van der Waals surface area contributed by atoms with Gasteiger partial charge in [0.1, 0.15) is 7.11 Å². The van der Waals surface area contributed by atoms with Crippen LogP contribution in [0.2, 0.25) is 0 Å². The summed E-state index contributed by atoms with van der Waals surface area (Å²) in [5, 5.41) is 17.3. The van der Waals surface area contributed by atoms with Crippen molar-refractivity contribution in [3.8, 4) is 0 Å². The molecule has 2 heterocycles. The Labute approximate surface area is 148 Å². The highest BCUT2D eigenvalue weighted by atomic mass is 16.6. The Bertz CT molecular complexity index is 788. The average Bonchev–Trinajstić information content (AvgIpc) is 2.94. The number of oxime groups is 1. The van der Waals surface area contributed by atoms with Crippen molar-refractivity contribution in [2.45, 2.75) is 50.4 Å². The number of ether oxygens (including phenoxy) is 1. The Morgan fingerprint density at radius 3 is 2.76 bits per heavy atom. The van der Waals surface area contributed by atoms with E-state index in [0.29, 0.717) is 5.92 Å². The second-order valence-electron chi connectivity index (χ2n) is 7.12. The summed E-state index contributed by atoms with van der Waals surface area (Å²) >= 11 is 0. The van der Waals surface area contributed by atoms with Gasteiger partial charge in [-0.15, -0.1) is 0 Å². The first-order valence-corrected chi connectivity index (χ1v) is 9.13.